The average molecular weight is 607 g/mol. The SMILES string of the molecule is CCOc1cc(OCc2ccc(OC)cc2)ncc1-c1ncc(NC(=O)Nc2ccc(C(C)C#N)c(C(F)(F)F)c2)c(C)n1. The Balaban J connectivity index is 1.47. The molecule has 44 heavy (non-hydrogen) atoms. The number of benzene rings is 2. The van der Waals surface area contributed by atoms with Gasteiger partial charge in [-0.05, 0) is 56.2 Å². The number of hydrogen-bond acceptors (Lipinski definition) is 8. The van der Waals surface area contributed by atoms with Crippen LogP contribution < -0.4 is 24.8 Å². The molecule has 1 atom stereocenters. The number of methoxy groups -OCH3 is 1. The summed E-state index contributed by atoms with van der Waals surface area (Å²) in [6.45, 7) is 5.48. The van der Waals surface area contributed by atoms with Gasteiger partial charge in [0.05, 0.1) is 54.4 Å². The number of amides is 2. The Bertz CT molecular complexity index is 1670. The number of hydrogen-bond donors (Lipinski definition) is 2. The van der Waals surface area contributed by atoms with E-state index in [4.69, 9.17) is 19.5 Å². The molecule has 4 aromatic rings. The summed E-state index contributed by atoms with van der Waals surface area (Å²) in [5.74, 6) is 0.824. The Morgan fingerprint density at radius 2 is 1.80 bits per heavy atom. The van der Waals surface area contributed by atoms with Crippen molar-refractivity contribution < 1.29 is 32.2 Å². The number of alkyl halides is 3. The molecule has 0 saturated heterocycles. The molecule has 4 rings (SSSR count). The van der Waals surface area contributed by atoms with Crippen LogP contribution in [0.4, 0.5) is 29.3 Å². The minimum Gasteiger partial charge on any atom is -0.497 e. The zero-order chi connectivity index (χ0) is 31.9. The van der Waals surface area contributed by atoms with Crippen molar-refractivity contribution in [1.82, 2.24) is 15.0 Å². The summed E-state index contributed by atoms with van der Waals surface area (Å²) >= 11 is 0. The molecule has 1 unspecified atom stereocenters. The van der Waals surface area contributed by atoms with Crippen LogP contribution in [-0.4, -0.2) is 34.7 Å². The van der Waals surface area contributed by atoms with Gasteiger partial charge in [-0.2, -0.15) is 18.4 Å². The predicted octanol–water partition coefficient (Wildman–Crippen LogP) is 7.12. The van der Waals surface area contributed by atoms with Crippen molar-refractivity contribution in [1.29, 1.82) is 5.26 Å². The first-order valence-corrected chi connectivity index (χ1v) is 13.4. The molecule has 0 aliphatic carbocycles. The van der Waals surface area contributed by atoms with E-state index < -0.39 is 23.7 Å². The topological polar surface area (TPSA) is 131 Å². The minimum absolute atomic E-state index is 0.0966. The van der Waals surface area contributed by atoms with Crippen LogP contribution in [0.25, 0.3) is 11.4 Å². The first-order chi connectivity index (χ1) is 21.0. The Morgan fingerprint density at radius 1 is 1.05 bits per heavy atom. The third kappa shape index (κ3) is 7.71. The van der Waals surface area contributed by atoms with Crippen molar-refractivity contribution in [2.24, 2.45) is 0 Å². The van der Waals surface area contributed by atoms with E-state index in [1.165, 1.54) is 31.5 Å². The van der Waals surface area contributed by atoms with Crippen LogP contribution in [-0.2, 0) is 12.8 Å². The van der Waals surface area contributed by atoms with Gasteiger partial charge in [-0.25, -0.2) is 19.7 Å². The van der Waals surface area contributed by atoms with E-state index in [1.54, 1.807) is 26.2 Å². The number of pyridine rings is 1. The number of aromatic nitrogens is 3. The first kappa shape index (κ1) is 31.6. The van der Waals surface area contributed by atoms with E-state index >= 15 is 0 Å². The Labute approximate surface area is 251 Å². The van der Waals surface area contributed by atoms with E-state index in [9.17, 15) is 18.0 Å². The van der Waals surface area contributed by atoms with E-state index in [1.807, 2.05) is 31.2 Å². The lowest BCUT2D eigenvalue weighted by Crippen LogP contribution is -2.21. The quantitative estimate of drug-likeness (QED) is 0.195. The summed E-state index contributed by atoms with van der Waals surface area (Å²) < 4.78 is 57.6. The minimum atomic E-state index is -4.70. The fourth-order valence-corrected chi connectivity index (χ4v) is 4.15. The summed E-state index contributed by atoms with van der Waals surface area (Å²) in [7, 11) is 1.60. The van der Waals surface area contributed by atoms with Gasteiger partial charge in [-0.15, -0.1) is 0 Å². The number of urea groups is 1. The number of nitrogens with zero attached hydrogens (tertiary/aromatic N) is 4. The molecule has 0 spiro atoms. The maximum atomic E-state index is 13.6. The number of halogens is 3. The molecule has 0 aliphatic rings. The van der Waals surface area contributed by atoms with Crippen LogP contribution in [0.3, 0.4) is 0 Å². The van der Waals surface area contributed by atoms with Crippen molar-refractivity contribution in [2.45, 2.75) is 39.5 Å². The number of rotatable bonds is 10. The van der Waals surface area contributed by atoms with Crippen LogP contribution >= 0.6 is 0 Å². The smallest absolute Gasteiger partial charge is 0.416 e. The zero-order valence-corrected chi connectivity index (χ0v) is 24.3. The van der Waals surface area contributed by atoms with Crippen LogP contribution in [0.5, 0.6) is 17.4 Å². The highest BCUT2D eigenvalue weighted by Gasteiger charge is 2.35. The highest BCUT2D eigenvalue weighted by Crippen LogP contribution is 2.37. The molecule has 0 fully saturated rings. The average Bonchev–Trinajstić information content (AvgIpc) is 3.00. The second kappa shape index (κ2) is 13.7. The number of nitriles is 1. The molecule has 2 amide bonds. The van der Waals surface area contributed by atoms with E-state index in [0.29, 0.717) is 29.5 Å². The lowest BCUT2D eigenvalue weighted by atomic mass is 9.96. The van der Waals surface area contributed by atoms with Gasteiger partial charge >= 0.3 is 12.2 Å². The van der Waals surface area contributed by atoms with Gasteiger partial charge in [0.25, 0.3) is 0 Å². The fraction of sp³-hybridized carbons (Fsp3) is 0.258. The van der Waals surface area contributed by atoms with E-state index in [0.717, 1.165) is 17.4 Å². The Hall–Kier alpha value is -5.38. The highest BCUT2D eigenvalue weighted by molar-refractivity contribution is 6.00. The number of carbonyl (C=O) groups is 1. The molecule has 13 heteroatoms. The van der Waals surface area contributed by atoms with Crippen molar-refractivity contribution in [3.63, 3.8) is 0 Å². The van der Waals surface area contributed by atoms with E-state index in [-0.39, 0.29) is 29.4 Å². The number of aryl methyl sites for hydroxylation is 1. The molecule has 0 aliphatic heterocycles. The second-order valence-electron chi connectivity index (χ2n) is 9.51. The van der Waals surface area contributed by atoms with Gasteiger partial charge in [-0.3, -0.25) is 0 Å². The van der Waals surface area contributed by atoms with Crippen molar-refractivity contribution in [2.75, 3.05) is 24.4 Å². The van der Waals surface area contributed by atoms with Crippen molar-refractivity contribution in [3.8, 4) is 34.8 Å². The van der Waals surface area contributed by atoms with Crippen LogP contribution in [0, 0.1) is 18.3 Å². The van der Waals surface area contributed by atoms with Crippen molar-refractivity contribution in [3.05, 3.63) is 83.3 Å². The molecule has 0 bridgehead atoms. The Kier molecular flexibility index (Phi) is 9.85. The molecule has 2 aromatic carbocycles. The molecule has 0 saturated carbocycles. The summed E-state index contributed by atoms with van der Waals surface area (Å²) in [5.41, 5.74) is 0.776. The van der Waals surface area contributed by atoms with Gasteiger partial charge in [0.2, 0.25) is 5.88 Å². The molecule has 0 radical (unpaired) electrons. The highest BCUT2D eigenvalue weighted by atomic mass is 19.4. The molecule has 2 N–H and O–H groups in total. The standard InChI is InChI=1S/C31H29F3N6O4/c1-5-43-27-13-28(44-17-20-6-9-22(42-4)10-7-20)36-15-24(27)29-37-16-26(19(3)38-29)40-30(41)39-21-8-11-23(18(2)14-35)25(12-21)31(32,33)34/h6-13,15-16,18H,5,17H2,1-4H3,(H2,39,40,41). The number of nitrogens with one attached hydrogen (secondary N) is 2. The van der Waals surface area contributed by atoms with Gasteiger partial charge < -0.3 is 24.8 Å². The molecule has 2 heterocycles. The normalized spacial score (nSPS) is 11.7. The fourth-order valence-electron chi connectivity index (χ4n) is 4.15. The van der Waals surface area contributed by atoms with Crippen molar-refractivity contribution >= 4 is 17.4 Å². The largest absolute Gasteiger partial charge is 0.497 e. The molecule has 10 nitrogen and oxygen atoms in total. The van der Waals surface area contributed by atoms with Gasteiger partial charge in [0, 0.05) is 18.0 Å². The first-order valence-electron chi connectivity index (χ1n) is 13.4. The van der Waals surface area contributed by atoms with Crippen LogP contribution in [0.15, 0.2) is 60.9 Å². The second-order valence-corrected chi connectivity index (χ2v) is 9.51. The monoisotopic (exact) mass is 606 g/mol. The van der Waals surface area contributed by atoms with Crippen LogP contribution in [0.1, 0.15) is 42.1 Å². The third-order valence-electron chi connectivity index (χ3n) is 6.43. The lowest BCUT2D eigenvalue weighted by Gasteiger charge is -2.16. The summed E-state index contributed by atoms with van der Waals surface area (Å²) in [4.78, 5) is 25.8. The molecular formula is C31H29F3N6O4. The number of carbonyl (C=O) groups excluding carboxylic acids is 1. The zero-order valence-electron chi connectivity index (χ0n) is 24.3. The molecule has 228 valence electrons. The molecule has 2 aromatic heterocycles. The third-order valence-corrected chi connectivity index (χ3v) is 6.43. The van der Waals surface area contributed by atoms with Crippen LogP contribution in [0.2, 0.25) is 0 Å². The maximum absolute atomic E-state index is 13.6. The van der Waals surface area contributed by atoms with E-state index in [2.05, 4.69) is 25.6 Å². The predicted molar refractivity (Wildman–Crippen MR) is 157 cm³/mol. The number of anilines is 2. The van der Waals surface area contributed by atoms with Gasteiger partial charge in [-0.1, -0.05) is 18.2 Å². The molecular weight excluding hydrogens is 577 g/mol. The van der Waals surface area contributed by atoms with Gasteiger partial charge in [0.15, 0.2) is 5.82 Å². The Morgan fingerprint density at radius 3 is 2.43 bits per heavy atom. The maximum Gasteiger partial charge on any atom is 0.416 e. The number of ether oxygens (including phenoxy) is 3. The van der Waals surface area contributed by atoms with Gasteiger partial charge in [0.1, 0.15) is 18.1 Å². The summed E-state index contributed by atoms with van der Waals surface area (Å²) in [6.07, 6.45) is -1.80. The lowest BCUT2D eigenvalue weighted by molar-refractivity contribution is -0.138. The summed E-state index contributed by atoms with van der Waals surface area (Å²) in [6, 6.07) is 13.4. The summed E-state index contributed by atoms with van der Waals surface area (Å²) in [5, 5.41) is 14.0.